The summed E-state index contributed by atoms with van der Waals surface area (Å²) in [5.74, 6) is 0.246. The zero-order valence-corrected chi connectivity index (χ0v) is 25.7. The van der Waals surface area contributed by atoms with Crippen molar-refractivity contribution in [3.63, 3.8) is 0 Å². The van der Waals surface area contributed by atoms with Crippen LogP contribution in [0.2, 0.25) is 0 Å². The van der Waals surface area contributed by atoms with Gasteiger partial charge in [0.25, 0.3) is 5.56 Å². The van der Waals surface area contributed by atoms with Gasteiger partial charge in [0.15, 0.2) is 5.56 Å². The van der Waals surface area contributed by atoms with Gasteiger partial charge in [-0.25, -0.2) is 0 Å². The van der Waals surface area contributed by atoms with Crippen LogP contribution in [0.5, 0.6) is 0 Å². The molecule has 0 fully saturated rings. The standard InChI is InChI=1S/C10H12N3O3PS2.C6H11Cl4O3PS/c1-15-17(18,16-2)19-7-13-10(14)8-5-3-4-6-9(8)11-12-13;1-3-11-14(15,12-4-2)13-5(7)6(8,9)10/h3-6H,7H2,1-2H3;5H,3-4H2,1-2H3. The van der Waals surface area contributed by atoms with Crippen molar-refractivity contribution in [3.8, 4) is 0 Å². The van der Waals surface area contributed by atoms with Gasteiger partial charge in [-0.15, -0.1) is 5.10 Å². The lowest BCUT2D eigenvalue weighted by molar-refractivity contribution is 0.155. The SMILES string of the molecule is CCOP(=S)(OCC)OC(Cl)C(Cl)(Cl)Cl.COP(=S)(OC)SCn1nnc2ccccc2c1=O. The molecular formula is C16H23Cl4N3O6P2S3. The van der Waals surface area contributed by atoms with Crippen LogP contribution in [0.3, 0.4) is 0 Å². The largest absolute Gasteiger partial charge is 0.328 e. The van der Waals surface area contributed by atoms with Crippen molar-refractivity contribution in [1.29, 1.82) is 0 Å². The zero-order chi connectivity index (χ0) is 26.0. The molecule has 2 rings (SSSR count). The predicted octanol–water partition coefficient (Wildman–Crippen LogP) is 6.24. The second-order valence-corrected chi connectivity index (χ2v) is 17.9. The number of benzene rings is 1. The van der Waals surface area contributed by atoms with Crippen molar-refractivity contribution in [2.24, 2.45) is 0 Å². The number of hydrogen-bond donors (Lipinski definition) is 0. The molecular weight excluding hydrogens is 630 g/mol. The van der Waals surface area contributed by atoms with Gasteiger partial charge >= 0.3 is 6.72 Å². The van der Waals surface area contributed by atoms with Gasteiger partial charge in [-0.2, -0.15) is 4.68 Å². The Morgan fingerprint density at radius 1 is 1.12 bits per heavy atom. The van der Waals surface area contributed by atoms with E-state index in [1.54, 1.807) is 32.0 Å². The van der Waals surface area contributed by atoms with Crippen LogP contribution >= 0.6 is 70.2 Å². The number of hydrogen-bond acceptors (Lipinski definition) is 11. The summed E-state index contributed by atoms with van der Waals surface area (Å²) in [6.45, 7) is 1.25. The van der Waals surface area contributed by atoms with Crippen LogP contribution in [-0.4, -0.2) is 51.8 Å². The average molecular weight is 653 g/mol. The molecule has 1 atom stereocenters. The molecule has 1 heterocycles. The minimum absolute atomic E-state index is 0.202. The van der Waals surface area contributed by atoms with Gasteiger partial charge < -0.3 is 18.1 Å². The molecule has 0 spiro atoms. The lowest BCUT2D eigenvalue weighted by Crippen LogP contribution is -2.23. The molecule has 0 aliphatic rings. The topological polar surface area (TPSA) is 93.9 Å². The Bertz CT molecular complexity index is 1060. The van der Waals surface area contributed by atoms with Gasteiger partial charge in [-0.3, -0.25) is 9.32 Å². The van der Waals surface area contributed by atoms with E-state index in [0.717, 1.165) is 0 Å². The van der Waals surface area contributed by atoms with Gasteiger partial charge in [0.05, 0.1) is 18.6 Å². The minimum atomic E-state index is -2.92. The Morgan fingerprint density at radius 2 is 1.68 bits per heavy atom. The fourth-order valence-electron chi connectivity index (χ4n) is 2.00. The average Bonchev–Trinajstić information content (AvgIpc) is 2.78. The fourth-order valence-corrected chi connectivity index (χ4v) is 7.47. The van der Waals surface area contributed by atoms with E-state index in [2.05, 4.69) is 10.3 Å². The molecule has 0 saturated heterocycles. The van der Waals surface area contributed by atoms with Crippen molar-refractivity contribution in [3.05, 3.63) is 34.6 Å². The smallest absolute Gasteiger partial charge is 0.325 e. The Hall–Kier alpha value is 0.900. The van der Waals surface area contributed by atoms with Crippen LogP contribution in [0.1, 0.15) is 13.8 Å². The van der Waals surface area contributed by atoms with E-state index < -0.39 is 21.8 Å². The molecule has 0 bridgehead atoms. The first-order valence-electron chi connectivity index (χ1n) is 9.31. The molecule has 34 heavy (non-hydrogen) atoms. The van der Waals surface area contributed by atoms with Crippen LogP contribution in [0, 0.1) is 0 Å². The Kier molecular flexibility index (Phi) is 14.9. The maximum atomic E-state index is 12.2. The summed E-state index contributed by atoms with van der Waals surface area (Å²) < 4.78 is 25.2. The van der Waals surface area contributed by atoms with Crippen molar-refractivity contribution < 1.29 is 22.6 Å². The van der Waals surface area contributed by atoms with Crippen LogP contribution < -0.4 is 5.56 Å². The predicted molar refractivity (Wildman–Crippen MR) is 148 cm³/mol. The summed E-state index contributed by atoms with van der Waals surface area (Å²) in [4.78, 5) is 12.2. The highest BCUT2D eigenvalue weighted by molar-refractivity contribution is 8.67. The molecule has 9 nitrogen and oxygen atoms in total. The first kappa shape index (κ1) is 32.9. The van der Waals surface area contributed by atoms with Crippen molar-refractivity contribution >= 4 is 105 Å². The van der Waals surface area contributed by atoms with Gasteiger partial charge in [0.1, 0.15) is 11.4 Å². The van der Waals surface area contributed by atoms with E-state index in [1.165, 1.54) is 30.3 Å². The highest BCUT2D eigenvalue weighted by Crippen LogP contribution is 2.60. The lowest BCUT2D eigenvalue weighted by Gasteiger charge is -2.26. The number of aromatic nitrogens is 3. The number of alkyl halides is 4. The van der Waals surface area contributed by atoms with Crippen LogP contribution in [0.4, 0.5) is 0 Å². The third kappa shape index (κ3) is 10.7. The van der Waals surface area contributed by atoms with Gasteiger partial charge in [0.2, 0.25) is 9.49 Å². The Balaban J connectivity index is 0.000000352. The summed E-state index contributed by atoms with van der Waals surface area (Å²) in [5, 5.41) is 8.39. The first-order valence-corrected chi connectivity index (χ1v) is 17.7. The summed E-state index contributed by atoms with van der Waals surface area (Å²) in [7, 11) is 2.98. The molecule has 0 N–H and O–H groups in total. The number of nitrogens with zero attached hydrogens (tertiary/aromatic N) is 3. The maximum absolute atomic E-state index is 12.2. The highest BCUT2D eigenvalue weighted by Gasteiger charge is 2.37. The third-order valence-corrected chi connectivity index (χ3v) is 13.1. The molecule has 194 valence electrons. The zero-order valence-electron chi connectivity index (χ0n) is 18.4. The molecule has 0 aliphatic carbocycles. The monoisotopic (exact) mass is 651 g/mol. The van der Waals surface area contributed by atoms with E-state index >= 15 is 0 Å². The van der Waals surface area contributed by atoms with Gasteiger partial charge in [-0.1, -0.05) is 63.7 Å². The molecule has 0 amide bonds. The summed E-state index contributed by atoms with van der Waals surface area (Å²) >= 11 is 33.7. The van der Waals surface area contributed by atoms with Crippen LogP contribution in [0.25, 0.3) is 10.9 Å². The number of fused-ring (bicyclic) bond motifs is 1. The normalized spacial score (nSPS) is 13.4. The highest BCUT2D eigenvalue weighted by atomic mass is 35.6. The van der Waals surface area contributed by atoms with E-state index in [4.69, 9.17) is 92.6 Å². The second-order valence-electron chi connectivity index (χ2n) is 5.73. The summed E-state index contributed by atoms with van der Waals surface area (Å²) in [5.41, 5.74) is -3.25. The second kappa shape index (κ2) is 15.3. The molecule has 0 saturated carbocycles. The van der Waals surface area contributed by atoms with E-state index in [0.29, 0.717) is 24.1 Å². The van der Waals surface area contributed by atoms with E-state index in [1.807, 2.05) is 6.07 Å². The molecule has 1 aromatic carbocycles. The molecule has 0 aliphatic heterocycles. The van der Waals surface area contributed by atoms with Crippen molar-refractivity contribution in [1.82, 2.24) is 15.0 Å². The quantitative estimate of drug-likeness (QED) is 0.204. The van der Waals surface area contributed by atoms with Crippen LogP contribution in [0.15, 0.2) is 29.1 Å². The Morgan fingerprint density at radius 3 is 2.18 bits per heavy atom. The van der Waals surface area contributed by atoms with E-state index in [9.17, 15) is 4.79 Å². The molecule has 0 radical (unpaired) electrons. The summed E-state index contributed by atoms with van der Waals surface area (Å²) in [6.07, 6.45) is 0. The molecule has 18 heteroatoms. The fraction of sp³-hybridized carbons (Fsp3) is 0.562. The van der Waals surface area contributed by atoms with Crippen LogP contribution in [-0.2, 0) is 52.1 Å². The van der Waals surface area contributed by atoms with Gasteiger partial charge in [0, 0.05) is 14.2 Å². The number of halogens is 4. The van der Waals surface area contributed by atoms with E-state index in [-0.39, 0.29) is 11.4 Å². The maximum Gasteiger partial charge on any atom is 0.328 e. The summed E-state index contributed by atoms with van der Waals surface area (Å²) in [6, 6.07) is 7.06. The van der Waals surface area contributed by atoms with Crippen molar-refractivity contribution in [2.75, 3.05) is 27.4 Å². The lowest BCUT2D eigenvalue weighted by atomic mass is 10.2. The Labute approximate surface area is 232 Å². The number of rotatable bonds is 11. The minimum Gasteiger partial charge on any atom is -0.325 e. The molecule has 1 unspecified atom stereocenters. The first-order chi connectivity index (χ1) is 15.8. The molecule has 1 aromatic heterocycles. The van der Waals surface area contributed by atoms with Gasteiger partial charge in [-0.05, 0) is 61.0 Å². The van der Waals surface area contributed by atoms with Crippen molar-refractivity contribution in [2.45, 2.75) is 29.1 Å². The molecule has 2 aromatic rings. The third-order valence-electron chi connectivity index (χ3n) is 3.47.